The van der Waals surface area contributed by atoms with Crippen LogP contribution in [-0.2, 0) is 14.3 Å². The molecule has 4 aliphatic carbocycles. The van der Waals surface area contributed by atoms with Gasteiger partial charge in [-0.3, -0.25) is 9.59 Å². The number of carbonyl (C=O) groups is 2. The zero-order valence-corrected chi connectivity index (χ0v) is 15.6. The van der Waals surface area contributed by atoms with E-state index >= 15 is 0 Å². The summed E-state index contributed by atoms with van der Waals surface area (Å²) in [7, 11) is 0. The SMILES string of the molecule is C[C@@H](OC(=O)C12C[C@@H]3C[C@@H](CC(O)(C3)C1)C2)C(=O)Nc1cccc(Cl)c1. The fourth-order valence-corrected chi connectivity index (χ4v) is 5.79. The Morgan fingerprint density at radius 3 is 2.58 bits per heavy atom. The number of hydrogen-bond donors (Lipinski definition) is 2. The van der Waals surface area contributed by atoms with Crippen LogP contribution < -0.4 is 5.32 Å². The van der Waals surface area contributed by atoms with Crippen molar-refractivity contribution in [2.45, 2.75) is 57.2 Å². The van der Waals surface area contributed by atoms with E-state index in [2.05, 4.69) is 5.32 Å². The maximum absolute atomic E-state index is 12.9. The highest BCUT2D eigenvalue weighted by molar-refractivity contribution is 6.30. The number of esters is 1. The smallest absolute Gasteiger partial charge is 0.312 e. The van der Waals surface area contributed by atoms with Gasteiger partial charge in [0.25, 0.3) is 5.91 Å². The number of halogens is 1. The zero-order chi connectivity index (χ0) is 18.5. The number of benzene rings is 1. The lowest BCUT2D eigenvalue weighted by atomic mass is 9.48. The van der Waals surface area contributed by atoms with Crippen molar-refractivity contribution in [2.75, 3.05) is 5.32 Å². The van der Waals surface area contributed by atoms with Gasteiger partial charge in [0.1, 0.15) is 0 Å². The highest BCUT2D eigenvalue weighted by atomic mass is 35.5. The maximum atomic E-state index is 12.9. The molecule has 0 heterocycles. The van der Waals surface area contributed by atoms with E-state index in [1.807, 2.05) is 0 Å². The molecule has 0 spiro atoms. The first-order chi connectivity index (χ1) is 12.3. The molecule has 140 valence electrons. The van der Waals surface area contributed by atoms with E-state index in [0.29, 0.717) is 29.0 Å². The third-order valence-electron chi connectivity index (χ3n) is 6.21. The minimum Gasteiger partial charge on any atom is -0.452 e. The summed E-state index contributed by atoms with van der Waals surface area (Å²) >= 11 is 5.92. The first kappa shape index (κ1) is 17.8. The van der Waals surface area contributed by atoms with E-state index in [0.717, 1.165) is 32.1 Å². The van der Waals surface area contributed by atoms with Gasteiger partial charge in [0.2, 0.25) is 0 Å². The summed E-state index contributed by atoms with van der Waals surface area (Å²) in [5.41, 5.74) is -0.784. The van der Waals surface area contributed by atoms with E-state index in [9.17, 15) is 14.7 Å². The van der Waals surface area contributed by atoms with E-state index in [1.165, 1.54) is 0 Å². The summed E-state index contributed by atoms with van der Waals surface area (Å²) < 4.78 is 5.55. The lowest BCUT2D eigenvalue weighted by Crippen LogP contribution is -2.59. The molecule has 4 aliphatic rings. The van der Waals surface area contributed by atoms with Gasteiger partial charge in [-0.15, -0.1) is 0 Å². The second-order valence-electron chi connectivity index (χ2n) is 8.51. The van der Waals surface area contributed by atoms with Gasteiger partial charge in [-0.2, -0.15) is 0 Å². The van der Waals surface area contributed by atoms with E-state index in [1.54, 1.807) is 31.2 Å². The number of ether oxygens (including phenoxy) is 1. The van der Waals surface area contributed by atoms with E-state index in [-0.39, 0.29) is 11.9 Å². The predicted octanol–water partition coefficient (Wildman–Crippen LogP) is 3.54. The van der Waals surface area contributed by atoms with Crippen LogP contribution in [-0.4, -0.2) is 28.7 Å². The van der Waals surface area contributed by atoms with Crippen LogP contribution in [0.15, 0.2) is 24.3 Å². The second kappa shape index (κ2) is 6.24. The molecule has 5 atom stereocenters. The summed E-state index contributed by atoms with van der Waals surface area (Å²) in [4.78, 5) is 25.3. The van der Waals surface area contributed by atoms with Gasteiger partial charge in [-0.1, -0.05) is 17.7 Å². The van der Waals surface area contributed by atoms with Gasteiger partial charge in [-0.25, -0.2) is 0 Å². The van der Waals surface area contributed by atoms with Gasteiger partial charge in [-0.05, 0) is 75.5 Å². The van der Waals surface area contributed by atoms with Crippen LogP contribution in [0.25, 0.3) is 0 Å². The molecule has 2 unspecified atom stereocenters. The molecule has 0 radical (unpaired) electrons. The topological polar surface area (TPSA) is 75.6 Å². The minimum atomic E-state index is -0.899. The third kappa shape index (κ3) is 3.23. The molecule has 1 aromatic carbocycles. The van der Waals surface area contributed by atoms with Crippen LogP contribution in [0.4, 0.5) is 5.69 Å². The summed E-state index contributed by atoms with van der Waals surface area (Å²) in [6, 6.07) is 6.83. The van der Waals surface area contributed by atoms with Crippen molar-refractivity contribution in [2.24, 2.45) is 17.3 Å². The fourth-order valence-electron chi connectivity index (χ4n) is 5.60. The van der Waals surface area contributed by atoms with Crippen LogP contribution >= 0.6 is 11.6 Å². The Kier molecular flexibility index (Phi) is 4.27. The Bertz CT molecular complexity index is 735. The second-order valence-corrected chi connectivity index (χ2v) is 8.95. The zero-order valence-electron chi connectivity index (χ0n) is 14.8. The average molecular weight is 378 g/mol. The van der Waals surface area contributed by atoms with E-state index < -0.39 is 17.1 Å². The molecule has 0 aromatic heterocycles. The number of nitrogens with one attached hydrogen (secondary N) is 1. The Morgan fingerprint density at radius 1 is 1.27 bits per heavy atom. The molecule has 0 aliphatic heterocycles. The van der Waals surface area contributed by atoms with Crippen molar-refractivity contribution in [3.05, 3.63) is 29.3 Å². The van der Waals surface area contributed by atoms with Gasteiger partial charge >= 0.3 is 5.97 Å². The average Bonchev–Trinajstić information content (AvgIpc) is 2.52. The van der Waals surface area contributed by atoms with Crippen molar-refractivity contribution in [3.8, 4) is 0 Å². The van der Waals surface area contributed by atoms with E-state index in [4.69, 9.17) is 16.3 Å². The van der Waals surface area contributed by atoms with Gasteiger partial charge in [0, 0.05) is 10.7 Å². The standard InChI is InChI=1S/C20H24ClNO4/c1-12(17(23)22-16-4-2-3-15(21)6-16)26-18(24)19-7-13-5-14(8-19)10-20(25,9-13)11-19/h2-4,6,12-14,25H,5,7-11H2,1H3,(H,22,23)/t12-,13-,14+,19?,20?/m1/s1. The lowest BCUT2D eigenvalue weighted by molar-refractivity contribution is -0.199. The Hall–Kier alpha value is -1.59. The lowest BCUT2D eigenvalue weighted by Gasteiger charge is -2.58. The van der Waals surface area contributed by atoms with Crippen molar-refractivity contribution < 1.29 is 19.4 Å². The molecule has 0 saturated heterocycles. The number of aliphatic hydroxyl groups is 1. The molecule has 1 amide bonds. The highest BCUT2D eigenvalue weighted by Gasteiger charge is 2.61. The van der Waals surface area contributed by atoms with Crippen LogP contribution in [0, 0.1) is 17.3 Å². The number of rotatable bonds is 4. The molecular formula is C20H24ClNO4. The van der Waals surface area contributed by atoms with Crippen molar-refractivity contribution in [1.82, 2.24) is 0 Å². The third-order valence-corrected chi connectivity index (χ3v) is 6.44. The maximum Gasteiger partial charge on any atom is 0.312 e. The molecule has 5 rings (SSSR count). The van der Waals surface area contributed by atoms with Gasteiger partial charge < -0.3 is 15.2 Å². The Morgan fingerprint density at radius 2 is 1.96 bits per heavy atom. The number of carbonyl (C=O) groups excluding carboxylic acids is 2. The predicted molar refractivity (Wildman–Crippen MR) is 97.7 cm³/mol. The van der Waals surface area contributed by atoms with Crippen molar-refractivity contribution in [1.29, 1.82) is 0 Å². The minimum absolute atomic E-state index is 0.334. The Balaban J connectivity index is 1.42. The molecular weight excluding hydrogens is 354 g/mol. The molecule has 4 saturated carbocycles. The molecule has 2 N–H and O–H groups in total. The summed E-state index contributed by atoms with van der Waals surface area (Å²) in [6.45, 7) is 1.58. The molecule has 1 aromatic rings. The summed E-state index contributed by atoms with van der Waals surface area (Å²) in [6.07, 6.45) is 3.80. The number of amides is 1. The molecule has 6 heteroatoms. The quantitative estimate of drug-likeness (QED) is 0.787. The largest absolute Gasteiger partial charge is 0.452 e. The monoisotopic (exact) mass is 377 g/mol. The fraction of sp³-hybridized carbons (Fsp3) is 0.600. The highest BCUT2D eigenvalue weighted by Crippen LogP contribution is 2.62. The van der Waals surface area contributed by atoms with Crippen LogP contribution in [0.1, 0.15) is 45.4 Å². The van der Waals surface area contributed by atoms with Gasteiger partial charge in [0.05, 0.1) is 11.0 Å². The van der Waals surface area contributed by atoms with Gasteiger partial charge in [0.15, 0.2) is 6.10 Å². The molecule has 5 nitrogen and oxygen atoms in total. The molecule has 4 bridgehead atoms. The normalized spacial score (nSPS) is 35.8. The molecule has 4 fully saturated rings. The number of anilines is 1. The van der Waals surface area contributed by atoms with Crippen molar-refractivity contribution >= 4 is 29.2 Å². The summed E-state index contributed by atoms with van der Waals surface area (Å²) in [5.74, 6) is 0.0663. The van der Waals surface area contributed by atoms with Crippen LogP contribution in [0.5, 0.6) is 0 Å². The molecule has 26 heavy (non-hydrogen) atoms. The first-order valence-corrected chi connectivity index (χ1v) is 9.65. The number of hydrogen-bond acceptors (Lipinski definition) is 4. The Labute approximate surface area is 158 Å². The summed E-state index contributed by atoms with van der Waals surface area (Å²) in [5, 5.41) is 14.0. The van der Waals surface area contributed by atoms with Crippen LogP contribution in [0.2, 0.25) is 5.02 Å². The first-order valence-electron chi connectivity index (χ1n) is 9.27. The van der Waals surface area contributed by atoms with Crippen molar-refractivity contribution in [3.63, 3.8) is 0 Å². The van der Waals surface area contributed by atoms with Crippen LogP contribution in [0.3, 0.4) is 0 Å².